The lowest BCUT2D eigenvalue weighted by Crippen LogP contribution is -2.18. The summed E-state index contributed by atoms with van der Waals surface area (Å²) >= 11 is 1.83. The number of nitrogens with one attached hydrogen (secondary N) is 1. The van der Waals surface area contributed by atoms with E-state index in [-0.39, 0.29) is 0 Å². The Bertz CT molecular complexity index is 434. The third kappa shape index (κ3) is 2.86. The molecule has 0 bridgehead atoms. The van der Waals surface area contributed by atoms with Crippen LogP contribution >= 0.6 is 11.3 Å². The van der Waals surface area contributed by atoms with Crippen LogP contribution in [0.3, 0.4) is 0 Å². The highest BCUT2D eigenvalue weighted by Crippen LogP contribution is 2.17. The molecular formula is C14H17NS. The van der Waals surface area contributed by atoms with E-state index in [1.807, 2.05) is 11.3 Å². The van der Waals surface area contributed by atoms with Crippen molar-refractivity contribution in [1.29, 1.82) is 0 Å². The summed E-state index contributed by atoms with van der Waals surface area (Å²) in [5.74, 6) is 0. The molecule has 1 heterocycles. The first-order chi connectivity index (χ1) is 7.75. The van der Waals surface area contributed by atoms with Gasteiger partial charge in [0.2, 0.25) is 0 Å². The fraction of sp³-hybridized carbons (Fsp3) is 0.286. The first-order valence-corrected chi connectivity index (χ1v) is 6.48. The van der Waals surface area contributed by atoms with Crippen molar-refractivity contribution in [2.75, 3.05) is 5.32 Å². The van der Waals surface area contributed by atoms with Gasteiger partial charge in [0.25, 0.3) is 0 Å². The highest BCUT2D eigenvalue weighted by atomic mass is 32.1. The molecule has 0 saturated carbocycles. The Balaban J connectivity index is 1.97. The molecule has 1 aromatic carbocycles. The molecule has 1 aromatic heterocycles. The first kappa shape index (κ1) is 11.2. The van der Waals surface area contributed by atoms with E-state index in [4.69, 9.17) is 0 Å². The van der Waals surface area contributed by atoms with Crippen LogP contribution in [0.2, 0.25) is 0 Å². The van der Waals surface area contributed by atoms with Gasteiger partial charge in [-0.1, -0.05) is 24.3 Å². The third-order valence-corrected chi connectivity index (χ3v) is 3.53. The summed E-state index contributed by atoms with van der Waals surface area (Å²) < 4.78 is 0. The van der Waals surface area contributed by atoms with E-state index < -0.39 is 0 Å². The van der Waals surface area contributed by atoms with Gasteiger partial charge < -0.3 is 5.32 Å². The largest absolute Gasteiger partial charge is 0.382 e. The maximum absolute atomic E-state index is 3.56. The average molecular weight is 231 g/mol. The number of thiophene rings is 1. The van der Waals surface area contributed by atoms with Gasteiger partial charge in [-0.15, -0.1) is 11.3 Å². The first-order valence-electron chi connectivity index (χ1n) is 5.60. The number of anilines is 1. The maximum Gasteiger partial charge on any atom is 0.0372 e. The molecule has 1 atom stereocenters. The van der Waals surface area contributed by atoms with Crippen LogP contribution in [0.25, 0.3) is 0 Å². The highest BCUT2D eigenvalue weighted by molar-refractivity contribution is 7.09. The topological polar surface area (TPSA) is 12.0 Å². The standard InChI is InChI=1S/C14H17NS/c1-11-6-3-4-8-14(11)15-12(2)10-13-7-5-9-16-13/h3-9,12,15H,10H2,1-2H3. The number of aryl methyl sites for hydroxylation is 1. The Kier molecular flexibility index (Phi) is 3.62. The molecular weight excluding hydrogens is 214 g/mol. The van der Waals surface area contributed by atoms with E-state index in [0.29, 0.717) is 6.04 Å². The minimum Gasteiger partial charge on any atom is -0.382 e. The highest BCUT2D eigenvalue weighted by Gasteiger charge is 2.05. The number of para-hydroxylation sites is 1. The molecule has 0 saturated heterocycles. The Morgan fingerprint density at radius 1 is 1.19 bits per heavy atom. The molecule has 1 unspecified atom stereocenters. The Hall–Kier alpha value is -1.28. The van der Waals surface area contributed by atoms with Gasteiger partial charge in [0, 0.05) is 23.0 Å². The van der Waals surface area contributed by atoms with Gasteiger partial charge in [0.15, 0.2) is 0 Å². The van der Waals surface area contributed by atoms with E-state index in [9.17, 15) is 0 Å². The van der Waals surface area contributed by atoms with Gasteiger partial charge in [-0.05, 0) is 36.9 Å². The van der Waals surface area contributed by atoms with Crippen molar-refractivity contribution >= 4 is 17.0 Å². The second kappa shape index (κ2) is 5.17. The second-order valence-corrected chi connectivity index (χ2v) is 5.18. The van der Waals surface area contributed by atoms with Crippen LogP contribution in [0.5, 0.6) is 0 Å². The smallest absolute Gasteiger partial charge is 0.0372 e. The van der Waals surface area contributed by atoms with Crippen molar-refractivity contribution in [3.05, 3.63) is 52.2 Å². The fourth-order valence-corrected chi connectivity index (χ4v) is 2.62. The number of benzene rings is 1. The molecule has 1 N–H and O–H groups in total. The normalized spacial score (nSPS) is 12.4. The minimum atomic E-state index is 0.472. The predicted molar refractivity (Wildman–Crippen MR) is 72.3 cm³/mol. The van der Waals surface area contributed by atoms with Crippen LogP contribution in [-0.2, 0) is 6.42 Å². The maximum atomic E-state index is 3.56. The van der Waals surface area contributed by atoms with Crippen molar-refractivity contribution in [1.82, 2.24) is 0 Å². The second-order valence-electron chi connectivity index (χ2n) is 4.14. The van der Waals surface area contributed by atoms with Gasteiger partial charge in [0.05, 0.1) is 0 Å². The summed E-state index contributed by atoms with van der Waals surface area (Å²) in [5.41, 5.74) is 2.55. The van der Waals surface area contributed by atoms with Crippen LogP contribution in [0.15, 0.2) is 41.8 Å². The quantitative estimate of drug-likeness (QED) is 0.835. The third-order valence-electron chi connectivity index (χ3n) is 2.63. The van der Waals surface area contributed by atoms with Crippen molar-refractivity contribution in [2.45, 2.75) is 26.3 Å². The zero-order valence-corrected chi connectivity index (χ0v) is 10.6. The monoisotopic (exact) mass is 231 g/mol. The zero-order valence-electron chi connectivity index (χ0n) is 9.73. The van der Waals surface area contributed by atoms with E-state index in [0.717, 1.165) is 6.42 Å². The summed E-state index contributed by atoms with van der Waals surface area (Å²) in [7, 11) is 0. The van der Waals surface area contributed by atoms with E-state index >= 15 is 0 Å². The summed E-state index contributed by atoms with van der Waals surface area (Å²) in [6.07, 6.45) is 1.09. The van der Waals surface area contributed by atoms with Crippen molar-refractivity contribution < 1.29 is 0 Å². The summed E-state index contributed by atoms with van der Waals surface area (Å²) in [5, 5.41) is 5.69. The van der Waals surface area contributed by atoms with Crippen LogP contribution in [0.4, 0.5) is 5.69 Å². The van der Waals surface area contributed by atoms with Gasteiger partial charge in [-0.25, -0.2) is 0 Å². The molecule has 2 aromatic rings. The number of hydrogen-bond acceptors (Lipinski definition) is 2. The van der Waals surface area contributed by atoms with E-state index in [2.05, 4.69) is 60.9 Å². The fourth-order valence-electron chi connectivity index (χ4n) is 1.78. The van der Waals surface area contributed by atoms with Crippen molar-refractivity contribution in [3.63, 3.8) is 0 Å². The van der Waals surface area contributed by atoms with Crippen LogP contribution in [0, 0.1) is 6.92 Å². The van der Waals surface area contributed by atoms with Crippen LogP contribution in [0.1, 0.15) is 17.4 Å². The summed E-state index contributed by atoms with van der Waals surface area (Å²) in [4.78, 5) is 1.44. The van der Waals surface area contributed by atoms with Gasteiger partial charge in [-0.2, -0.15) is 0 Å². The van der Waals surface area contributed by atoms with Gasteiger partial charge >= 0.3 is 0 Å². The molecule has 0 fully saturated rings. The predicted octanol–water partition coefficient (Wildman–Crippen LogP) is 4.10. The minimum absolute atomic E-state index is 0.472. The molecule has 84 valence electrons. The number of rotatable bonds is 4. The lowest BCUT2D eigenvalue weighted by Gasteiger charge is -2.16. The lowest BCUT2D eigenvalue weighted by molar-refractivity contribution is 0.799. The van der Waals surface area contributed by atoms with Crippen LogP contribution in [-0.4, -0.2) is 6.04 Å². The Morgan fingerprint density at radius 3 is 2.69 bits per heavy atom. The zero-order chi connectivity index (χ0) is 11.4. The van der Waals surface area contributed by atoms with Crippen LogP contribution < -0.4 is 5.32 Å². The average Bonchev–Trinajstić information content (AvgIpc) is 2.74. The van der Waals surface area contributed by atoms with Crippen molar-refractivity contribution in [2.24, 2.45) is 0 Å². The summed E-state index contributed by atoms with van der Waals surface area (Å²) in [6, 6.07) is 13.2. The SMILES string of the molecule is Cc1ccccc1NC(C)Cc1cccs1. The molecule has 16 heavy (non-hydrogen) atoms. The molecule has 0 amide bonds. The Labute approximate surface area is 101 Å². The van der Waals surface area contributed by atoms with Crippen molar-refractivity contribution in [3.8, 4) is 0 Å². The number of hydrogen-bond donors (Lipinski definition) is 1. The lowest BCUT2D eigenvalue weighted by atomic mass is 10.1. The summed E-state index contributed by atoms with van der Waals surface area (Å²) in [6.45, 7) is 4.37. The molecule has 0 radical (unpaired) electrons. The van der Waals surface area contributed by atoms with E-state index in [1.165, 1.54) is 16.1 Å². The Morgan fingerprint density at radius 2 is 2.00 bits per heavy atom. The van der Waals surface area contributed by atoms with E-state index in [1.54, 1.807) is 0 Å². The molecule has 2 heteroatoms. The molecule has 2 rings (SSSR count). The molecule has 1 nitrogen and oxygen atoms in total. The molecule has 0 spiro atoms. The van der Waals surface area contributed by atoms with Gasteiger partial charge in [-0.3, -0.25) is 0 Å². The van der Waals surface area contributed by atoms with Gasteiger partial charge in [0.1, 0.15) is 0 Å². The molecule has 0 aliphatic rings. The molecule has 0 aliphatic heterocycles. The molecule has 0 aliphatic carbocycles.